The first-order valence-electron chi connectivity index (χ1n) is 4.85. The molecule has 0 aliphatic heterocycles. The first kappa shape index (κ1) is 12.2. The van der Waals surface area contributed by atoms with Crippen molar-refractivity contribution in [2.24, 2.45) is 0 Å². The lowest BCUT2D eigenvalue weighted by Crippen LogP contribution is -2.09. The lowest BCUT2D eigenvalue weighted by molar-refractivity contribution is -0.141. The van der Waals surface area contributed by atoms with E-state index in [9.17, 15) is 18.0 Å². The van der Waals surface area contributed by atoms with Crippen molar-refractivity contribution in [3.8, 4) is 5.69 Å². The number of halogens is 3. The minimum absolute atomic E-state index is 0.0838. The molecule has 1 aromatic heterocycles. The van der Waals surface area contributed by atoms with Crippen molar-refractivity contribution in [2.45, 2.75) is 6.18 Å². The molecular formula is C11H7F3N2O2. The number of para-hydroxylation sites is 1. The molecular weight excluding hydrogens is 249 g/mol. The standard InChI is InChI=1S/C11H7F3N2O2/c12-11(13,14)9-5-6-16(15-9)8-4-2-1-3-7(8)10(17)18/h1-6H,(H,17,18). The zero-order chi connectivity index (χ0) is 13.3. The van der Waals surface area contributed by atoms with Gasteiger partial charge in [-0.25, -0.2) is 9.48 Å². The van der Waals surface area contributed by atoms with Crippen LogP contribution in [0.5, 0.6) is 0 Å². The number of hydrogen-bond donors (Lipinski definition) is 1. The number of carbonyl (C=O) groups is 1. The van der Waals surface area contributed by atoms with Crippen LogP contribution in [0.15, 0.2) is 36.5 Å². The van der Waals surface area contributed by atoms with Crippen molar-refractivity contribution in [3.05, 3.63) is 47.8 Å². The van der Waals surface area contributed by atoms with Gasteiger partial charge in [-0.1, -0.05) is 12.1 Å². The van der Waals surface area contributed by atoms with Gasteiger partial charge in [-0.15, -0.1) is 0 Å². The highest BCUT2D eigenvalue weighted by Crippen LogP contribution is 2.28. The Hall–Kier alpha value is -2.31. The molecule has 0 bridgehead atoms. The van der Waals surface area contributed by atoms with Gasteiger partial charge in [0.1, 0.15) is 0 Å². The highest BCUT2D eigenvalue weighted by atomic mass is 19.4. The molecule has 0 aliphatic rings. The Bertz CT molecular complexity index is 590. The van der Waals surface area contributed by atoms with Gasteiger partial charge in [-0.3, -0.25) is 0 Å². The van der Waals surface area contributed by atoms with E-state index >= 15 is 0 Å². The first-order valence-corrected chi connectivity index (χ1v) is 4.85. The zero-order valence-electron chi connectivity index (χ0n) is 8.85. The van der Waals surface area contributed by atoms with E-state index in [1.165, 1.54) is 24.3 Å². The molecule has 0 saturated heterocycles. The Morgan fingerprint density at radius 3 is 2.44 bits per heavy atom. The maximum Gasteiger partial charge on any atom is 0.435 e. The monoisotopic (exact) mass is 256 g/mol. The van der Waals surface area contributed by atoms with Crippen molar-refractivity contribution in [3.63, 3.8) is 0 Å². The first-order chi connectivity index (χ1) is 8.39. The SMILES string of the molecule is O=C(O)c1ccccc1-n1ccc(C(F)(F)F)n1. The zero-order valence-corrected chi connectivity index (χ0v) is 8.85. The van der Waals surface area contributed by atoms with E-state index < -0.39 is 17.8 Å². The smallest absolute Gasteiger partial charge is 0.435 e. The molecule has 1 N–H and O–H groups in total. The summed E-state index contributed by atoms with van der Waals surface area (Å²) in [5.74, 6) is -1.23. The van der Waals surface area contributed by atoms with Crippen LogP contribution < -0.4 is 0 Å². The molecule has 4 nitrogen and oxygen atoms in total. The van der Waals surface area contributed by atoms with Gasteiger partial charge in [-0.05, 0) is 18.2 Å². The Kier molecular flexibility index (Phi) is 2.82. The van der Waals surface area contributed by atoms with Crippen LogP contribution in [0.4, 0.5) is 13.2 Å². The summed E-state index contributed by atoms with van der Waals surface area (Å²) in [5.41, 5.74) is -1.10. The summed E-state index contributed by atoms with van der Waals surface area (Å²) in [7, 11) is 0. The van der Waals surface area contributed by atoms with Gasteiger partial charge in [-0.2, -0.15) is 18.3 Å². The second kappa shape index (κ2) is 4.17. The predicted octanol–water partition coefficient (Wildman–Crippen LogP) is 2.59. The van der Waals surface area contributed by atoms with Crippen LogP contribution in [-0.2, 0) is 6.18 Å². The third kappa shape index (κ3) is 2.20. The Morgan fingerprint density at radius 1 is 1.22 bits per heavy atom. The van der Waals surface area contributed by atoms with Crippen LogP contribution >= 0.6 is 0 Å². The largest absolute Gasteiger partial charge is 0.478 e. The van der Waals surface area contributed by atoms with Gasteiger partial charge in [0.2, 0.25) is 0 Å². The second-order valence-electron chi connectivity index (χ2n) is 3.47. The minimum Gasteiger partial charge on any atom is -0.478 e. The number of alkyl halides is 3. The summed E-state index contributed by atoms with van der Waals surface area (Å²) in [6, 6.07) is 6.49. The van der Waals surface area contributed by atoms with Crippen molar-refractivity contribution < 1.29 is 23.1 Å². The fourth-order valence-corrected chi connectivity index (χ4v) is 1.46. The van der Waals surface area contributed by atoms with Crippen LogP contribution in [0.25, 0.3) is 5.69 Å². The second-order valence-corrected chi connectivity index (χ2v) is 3.47. The molecule has 0 spiro atoms. The molecule has 0 saturated carbocycles. The molecule has 0 aliphatic carbocycles. The highest BCUT2D eigenvalue weighted by molar-refractivity contribution is 5.91. The fraction of sp³-hybridized carbons (Fsp3) is 0.0909. The average molecular weight is 256 g/mol. The Labute approximate surface area is 99.3 Å². The maximum absolute atomic E-state index is 12.4. The van der Waals surface area contributed by atoms with E-state index in [-0.39, 0.29) is 11.3 Å². The average Bonchev–Trinajstić information content (AvgIpc) is 2.77. The van der Waals surface area contributed by atoms with Crippen LogP contribution in [0, 0.1) is 0 Å². The molecule has 0 unspecified atom stereocenters. The summed E-state index contributed by atoms with van der Waals surface area (Å²) < 4.78 is 38.0. The molecule has 0 radical (unpaired) electrons. The number of nitrogens with zero attached hydrogens (tertiary/aromatic N) is 2. The lowest BCUT2D eigenvalue weighted by Gasteiger charge is -2.06. The van der Waals surface area contributed by atoms with E-state index in [2.05, 4.69) is 5.10 Å². The topological polar surface area (TPSA) is 55.1 Å². The van der Waals surface area contributed by atoms with Gasteiger partial charge < -0.3 is 5.11 Å². The van der Waals surface area contributed by atoms with E-state index in [1.54, 1.807) is 0 Å². The number of aromatic nitrogens is 2. The third-order valence-corrected chi connectivity index (χ3v) is 2.26. The summed E-state index contributed by atoms with van der Waals surface area (Å²) in [6.07, 6.45) is -3.48. The van der Waals surface area contributed by atoms with Gasteiger partial charge in [0, 0.05) is 6.20 Å². The number of benzene rings is 1. The van der Waals surface area contributed by atoms with Crippen LogP contribution in [-0.4, -0.2) is 20.9 Å². The van der Waals surface area contributed by atoms with Crippen molar-refractivity contribution in [2.75, 3.05) is 0 Å². The van der Waals surface area contributed by atoms with Crippen LogP contribution in [0.3, 0.4) is 0 Å². The molecule has 1 heterocycles. The van der Waals surface area contributed by atoms with E-state index in [0.29, 0.717) is 0 Å². The molecule has 94 valence electrons. The van der Waals surface area contributed by atoms with Crippen molar-refractivity contribution in [1.29, 1.82) is 0 Å². The molecule has 1 aromatic carbocycles. The Balaban J connectivity index is 2.50. The summed E-state index contributed by atoms with van der Waals surface area (Å²) in [6.45, 7) is 0. The lowest BCUT2D eigenvalue weighted by atomic mass is 10.2. The summed E-state index contributed by atoms with van der Waals surface area (Å²) >= 11 is 0. The molecule has 2 rings (SSSR count). The molecule has 0 amide bonds. The quantitative estimate of drug-likeness (QED) is 0.898. The number of carboxylic acids is 1. The Morgan fingerprint density at radius 2 is 1.89 bits per heavy atom. The van der Waals surface area contributed by atoms with E-state index in [4.69, 9.17) is 5.11 Å². The van der Waals surface area contributed by atoms with E-state index in [0.717, 1.165) is 16.9 Å². The van der Waals surface area contributed by atoms with Crippen molar-refractivity contribution >= 4 is 5.97 Å². The van der Waals surface area contributed by atoms with Crippen LogP contribution in [0.1, 0.15) is 16.1 Å². The molecule has 7 heteroatoms. The fourth-order valence-electron chi connectivity index (χ4n) is 1.46. The maximum atomic E-state index is 12.4. The van der Waals surface area contributed by atoms with Gasteiger partial charge >= 0.3 is 12.1 Å². The molecule has 0 atom stereocenters. The minimum atomic E-state index is -4.55. The number of rotatable bonds is 2. The summed E-state index contributed by atoms with van der Waals surface area (Å²) in [4.78, 5) is 10.9. The number of hydrogen-bond acceptors (Lipinski definition) is 2. The highest BCUT2D eigenvalue weighted by Gasteiger charge is 2.33. The number of carboxylic acid groups (broad SMARTS) is 1. The third-order valence-electron chi connectivity index (χ3n) is 2.26. The van der Waals surface area contributed by atoms with Crippen molar-refractivity contribution in [1.82, 2.24) is 9.78 Å². The molecule has 18 heavy (non-hydrogen) atoms. The van der Waals surface area contributed by atoms with Gasteiger partial charge in [0.15, 0.2) is 5.69 Å². The number of aromatic carboxylic acids is 1. The summed E-state index contributed by atoms with van der Waals surface area (Å²) in [5, 5.41) is 12.3. The van der Waals surface area contributed by atoms with Gasteiger partial charge in [0.25, 0.3) is 0 Å². The van der Waals surface area contributed by atoms with Gasteiger partial charge in [0.05, 0.1) is 11.3 Å². The molecule has 2 aromatic rings. The molecule has 0 fully saturated rings. The van der Waals surface area contributed by atoms with Crippen LogP contribution in [0.2, 0.25) is 0 Å². The normalized spacial score (nSPS) is 11.5. The van der Waals surface area contributed by atoms with E-state index in [1.807, 2.05) is 0 Å². The predicted molar refractivity (Wildman–Crippen MR) is 55.5 cm³/mol.